The Morgan fingerprint density at radius 1 is 1.50 bits per heavy atom. The van der Waals surface area contributed by atoms with Crippen molar-refractivity contribution in [2.45, 2.75) is 32.2 Å². The van der Waals surface area contributed by atoms with E-state index in [-0.39, 0.29) is 6.42 Å². The van der Waals surface area contributed by atoms with Crippen LogP contribution in [0.3, 0.4) is 0 Å². The van der Waals surface area contributed by atoms with E-state index in [1.54, 1.807) is 0 Å². The van der Waals surface area contributed by atoms with Crippen LogP contribution < -0.4 is 11.1 Å². The molecular formula is C13H16FN3O5. The first-order chi connectivity index (χ1) is 10.3. The number of hydrogen-bond acceptors (Lipinski definition) is 5. The Hall–Kier alpha value is -2.71. The largest absolute Gasteiger partial charge is 0.480 e. The minimum atomic E-state index is -1.24. The molecule has 1 atom stereocenters. The smallest absolute Gasteiger partial charge is 0.326 e. The lowest BCUT2D eigenvalue weighted by atomic mass is 10.1. The highest BCUT2D eigenvalue weighted by atomic mass is 19.1. The first-order valence-corrected chi connectivity index (χ1v) is 6.55. The van der Waals surface area contributed by atoms with Gasteiger partial charge < -0.3 is 16.2 Å². The number of carboxylic acids is 1. The summed E-state index contributed by atoms with van der Waals surface area (Å²) in [6.45, 7) is 1.86. The van der Waals surface area contributed by atoms with Gasteiger partial charge >= 0.3 is 5.97 Å². The lowest BCUT2D eigenvalue weighted by molar-refractivity contribution is -0.384. The van der Waals surface area contributed by atoms with Crippen LogP contribution in [0.1, 0.15) is 36.5 Å². The summed E-state index contributed by atoms with van der Waals surface area (Å²) in [5.74, 6) is -3.22. The van der Waals surface area contributed by atoms with Crippen LogP contribution in [-0.2, 0) is 4.79 Å². The molecule has 0 saturated carbocycles. The molecule has 1 amide bonds. The number of anilines is 1. The highest BCUT2D eigenvalue weighted by molar-refractivity contribution is 6.02. The minimum Gasteiger partial charge on any atom is -0.480 e. The fourth-order valence-electron chi connectivity index (χ4n) is 1.84. The van der Waals surface area contributed by atoms with Crippen LogP contribution in [0.25, 0.3) is 0 Å². The predicted molar refractivity (Wildman–Crippen MR) is 75.9 cm³/mol. The van der Waals surface area contributed by atoms with E-state index in [1.165, 1.54) is 0 Å². The Kier molecular flexibility index (Phi) is 5.79. The number of rotatable bonds is 7. The average Bonchev–Trinajstić information content (AvgIpc) is 2.44. The third kappa shape index (κ3) is 4.14. The van der Waals surface area contributed by atoms with Crippen LogP contribution >= 0.6 is 0 Å². The van der Waals surface area contributed by atoms with E-state index in [0.29, 0.717) is 12.5 Å². The van der Waals surface area contributed by atoms with Gasteiger partial charge in [-0.25, -0.2) is 9.18 Å². The number of halogens is 1. The Morgan fingerprint density at radius 3 is 2.64 bits per heavy atom. The zero-order chi connectivity index (χ0) is 16.9. The van der Waals surface area contributed by atoms with Crippen molar-refractivity contribution < 1.29 is 24.0 Å². The monoisotopic (exact) mass is 313 g/mol. The molecule has 0 bridgehead atoms. The normalized spacial score (nSPS) is 11.7. The highest BCUT2D eigenvalue weighted by Crippen LogP contribution is 2.26. The summed E-state index contributed by atoms with van der Waals surface area (Å²) in [6, 6.07) is 0.156. The predicted octanol–water partition coefficient (Wildman–Crippen LogP) is 1.69. The molecule has 0 heterocycles. The molecule has 1 aromatic rings. The minimum absolute atomic E-state index is 0.189. The van der Waals surface area contributed by atoms with Gasteiger partial charge in [0.05, 0.1) is 16.6 Å². The number of benzene rings is 1. The van der Waals surface area contributed by atoms with Crippen molar-refractivity contribution in [1.29, 1.82) is 0 Å². The van der Waals surface area contributed by atoms with Gasteiger partial charge in [-0.05, 0) is 12.5 Å². The van der Waals surface area contributed by atoms with Crippen molar-refractivity contribution in [3.63, 3.8) is 0 Å². The third-order valence-corrected chi connectivity index (χ3v) is 3.01. The molecular weight excluding hydrogens is 297 g/mol. The fourth-order valence-corrected chi connectivity index (χ4v) is 1.84. The maximum atomic E-state index is 13.4. The molecule has 22 heavy (non-hydrogen) atoms. The van der Waals surface area contributed by atoms with Crippen molar-refractivity contribution in [2.75, 3.05) is 5.73 Å². The molecule has 1 rings (SSSR count). The summed E-state index contributed by atoms with van der Waals surface area (Å²) < 4.78 is 13.4. The number of nitro groups is 1. The second-order valence-corrected chi connectivity index (χ2v) is 4.65. The molecule has 0 aliphatic heterocycles. The molecule has 1 unspecified atom stereocenters. The summed E-state index contributed by atoms with van der Waals surface area (Å²) in [5.41, 5.74) is 3.77. The van der Waals surface area contributed by atoms with Gasteiger partial charge in [0.15, 0.2) is 0 Å². The number of nitrogens with one attached hydrogen (secondary N) is 1. The Labute approximate surface area is 125 Å². The summed E-state index contributed by atoms with van der Waals surface area (Å²) in [6.07, 6.45) is 1.48. The van der Waals surface area contributed by atoms with Gasteiger partial charge in [-0.1, -0.05) is 19.8 Å². The number of unbranched alkanes of at least 4 members (excludes halogenated alkanes) is 1. The maximum Gasteiger partial charge on any atom is 0.326 e. The van der Waals surface area contributed by atoms with Crippen molar-refractivity contribution in [3.05, 3.63) is 33.6 Å². The Bertz CT molecular complexity index is 606. The molecule has 120 valence electrons. The van der Waals surface area contributed by atoms with Crippen LogP contribution in [0, 0.1) is 15.9 Å². The number of aliphatic carboxylic acids is 1. The van der Waals surface area contributed by atoms with Gasteiger partial charge in [0.1, 0.15) is 17.5 Å². The van der Waals surface area contributed by atoms with Gasteiger partial charge in [0, 0.05) is 0 Å². The van der Waals surface area contributed by atoms with Gasteiger partial charge in [-0.2, -0.15) is 0 Å². The molecule has 1 aromatic carbocycles. The number of carbonyl (C=O) groups excluding carboxylic acids is 1. The van der Waals surface area contributed by atoms with E-state index in [2.05, 4.69) is 5.32 Å². The van der Waals surface area contributed by atoms with Crippen LogP contribution in [0.15, 0.2) is 12.1 Å². The van der Waals surface area contributed by atoms with Gasteiger partial charge in [0.25, 0.3) is 11.6 Å². The molecule has 4 N–H and O–H groups in total. The van der Waals surface area contributed by atoms with Crippen molar-refractivity contribution in [2.24, 2.45) is 0 Å². The number of nitro benzene ring substituents is 1. The van der Waals surface area contributed by atoms with E-state index >= 15 is 0 Å². The Morgan fingerprint density at radius 2 is 2.14 bits per heavy atom. The number of nitrogens with zero attached hydrogens (tertiary/aromatic N) is 1. The quantitative estimate of drug-likeness (QED) is 0.398. The van der Waals surface area contributed by atoms with Crippen LogP contribution in [0.2, 0.25) is 0 Å². The van der Waals surface area contributed by atoms with E-state index in [4.69, 9.17) is 10.8 Å². The first kappa shape index (κ1) is 17.3. The second kappa shape index (κ2) is 7.34. The number of carbonyl (C=O) groups is 2. The fraction of sp³-hybridized carbons (Fsp3) is 0.385. The number of hydrogen-bond donors (Lipinski definition) is 3. The molecule has 0 fully saturated rings. The first-order valence-electron chi connectivity index (χ1n) is 6.55. The SMILES string of the molecule is CCCCC(NC(=O)c1cc(F)cc([N+](=O)[O-])c1N)C(=O)O. The van der Waals surface area contributed by atoms with Gasteiger partial charge in [-0.3, -0.25) is 14.9 Å². The summed E-state index contributed by atoms with van der Waals surface area (Å²) in [7, 11) is 0. The zero-order valence-electron chi connectivity index (χ0n) is 11.8. The van der Waals surface area contributed by atoms with Crippen molar-refractivity contribution in [1.82, 2.24) is 5.32 Å². The lowest BCUT2D eigenvalue weighted by Gasteiger charge is -2.15. The standard InChI is InChI=1S/C13H16FN3O5/c1-2-3-4-9(13(19)20)16-12(18)8-5-7(14)6-10(11(8)15)17(21)22/h5-6,9H,2-4,15H2,1H3,(H,16,18)(H,19,20). The van der Waals surface area contributed by atoms with Crippen LogP contribution in [0.4, 0.5) is 15.8 Å². The van der Waals surface area contributed by atoms with Gasteiger partial charge in [0.2, 0.25) is 0 Å². The molecule has 9 heteroatoms. The zero-order valence-corrected chi connectivity index (χ0v) is 11.8. The second-order valence-electron chi connectivity index (χ2n) is 4.65. The number of nitrogens with two attached hydrogens (primary N) is 1. The average molecular weight is 313 g/mol. The topological polar surface area (TPSA) is 136 Å². The van der Waals surface area contributed by atoms with Gasteiger partial charge in [-0.15, -0.1) is 0 Å². The summed E-state index contributed by atoms with van der Waals surface area (Å²) in [5, 5.41) is 22.0. The molecule has 0 spiro atoms. The van der Waals surface area contributed by atoms with E-state index in [0.717, 1.165) is 12.5 Å². The lowest BCUT2D eigenvalue weighted by Crippen LogP contribution is -2.41. The Balaban J connectivity index is 3.07. The molecule has 0 aliphatic carbocycles. The highest BCUT2D eigenvalue weighted by Gasteiger charge is 2.25. The number of amides is 1. The molecule has 0 aromatic heterocycles. The van der Waals surface area contributed by atoms with E-state index < -0.39 is 45.6 Å². The van der Waals surface area contributed by atoms with E-state index in [1.807, 2.05) is 6.92 Å². The van der Waals surface area contributed by atoms with Crippen molar-refractivity contribution >= 4 is 23.3 Å². The molecule has 0 radical (unpaired) electrons. The molecule has 8 nitrogen and oxygen atoms in total. The van der Waals surface area contributed by atoms with Crippen LogP contribution in [-0.4, -0.2) is 27.9 Å². The van der Waals surface area contributed by atoms with Crippen LogP contribution in [0.5, 0.6) is 0 Å². The summed E-state index contributed by atoms with van der Waals surface area (Å²) >= 11 is 0. The van der Waals surface area contributed by atoms with Crippen molar-refractivity contribution in [3.8, 4) is 0 Å². The maximum absolute atomic E-state index is 13.4. The third-order valence-electron chi connectivity index (χ3n) is 3.01. The summed E-state index contributed by atoms with van der Waals surface area (Å²) in [4.78, 5) is 32.9. The molecule has 0 aliphatic rings. The number of carboxylic acid groups (broad SMARTS) is 1. The molecule has 0 saturated heterocycles. The number of nitrogen functional groups attached to an aromatic ring is 1. The van der Waals surface area contributed by atoms with E-state index in [9.17, 15) is 24.1 Å².